The van der Waals surface area contributed by atoms with Crippen molar-refractivity contribution in [3.05, 3.63) is 18.2 Å². The largest absolute Gasteiger partial charge is 0.496 e. The van der Waals surface area contributed by atoms with Crippen molar-refractivity contribution in [1.82, 2.24) is 0 Å². The van der Waals surface area contributed by atoms with Gasteiger partial charge in [0.25, 0.3) is 0 Å². The van der Waals surface area contributed by atoms with Crippen molar-refractivity contribution >= 4 is 22.8 Å². The number of hydrogen-bond acceptors (Lipinski definition) is 6. The van der Waals surface area contributed by atoms with Crippen LogP contribution in [-0.2, 0) is 9.59 Å². The Morgan fingerprint density at radius 3 is 2.10 bits per heavy atom. The third-order valence-corrected chi connectivity index (χ3v) is 3.59. The topological polar surface area (TPSA) is 82.1 Å². The van der Waals surface area contributed by atoms with Gasteiger partial charge in [-0.25, -0.2) is 0 Å². The number of hydrogen-bond donors (Lipinski definition) is 1. The van der Waals surface area contributed by atoms with Gasteiger partial charge in [0.15, 0.2) is 5.12 Å². The highest BCUT2D eigenvalue weighted by Crippen LogP contribution is 2.27. The van der Waals surface area contributed by atoms with Gasteiger partial charge in [-0.05, 0) is 0 Å². The lowest BCUT2D eigenvalue weighted by molar-refractivity contribution is -0.141. The zero-order valence-electron chi connectivity index (χ0n) is 12.1. The average molecular weight is 314 g/mol. The Morgan fingerprint density at radius 1 is 1.14 bits per heavy atom. The average Bonchev–Trinajstić information content (AvgIpc) is 2.46. The van der Waals surface area contributed by atoms with Gasteiger partial charge in [-0.15, -0.1) is 0 Å². The van der Waals surface area contributed by atoms with Crippen LogP contribution < -0.4 is 14.2 Å². The molecule has 1 aromatic carbocycles. The van der Waals surface area contributed by atoms with Crippen LogP contribution in [0, 0.1) is 5.92 Å². The maximum Gasteiger partial charge on any atom is 0.310 e. The quantitative estimate of drug-likeness (QED) is 0.786. The second kappa shape index (κ2) is 8.41. The number of benzene rings is 1. The molecule has 0 aliphatic rings. The number of thioether (sulfide) groups is 1. The van der Waals surface area contributed by atoms with Crippen molar-refractivity contribution < 1.29 is 28.9 Å². The van der Waals surface area contributed by atoms with E-state index in [1.807, 2.05) is 0 Å². The predicted octanol–water partition coefficient (Wildman–Crippen LogP) is 2.06. The molecule has 0 heterocycles. The SMILES string of the molecule is COc1cc(OC)cc(OCC(CSC(C)=O)C(=O)O)c1. The molecule has 7 heteroatoms. The van der Waals surface area contributed by atoms with Gasteiger partial charge in [-0.3, -0.25) is 9.59 Å². The van der Waals surface area contributed by atoms with E-state index in [-0.39, 0.29) is 17.5 Å². The molecule has 1 atom stereocenters. The van der Waals surface area contributed by atoms with Crippen molar-refractivity contribution in [3.8, 4) is 17.2 Å². The zero-order valence-corrected chi connectivity index (χ0v) is 12.9. The molecule has 0 saturated carbocycles. The number of carboxylic acid groups (broad SMARTS) is 1. The molecule has 0 aliphatic carbocycles. The monoisotopic (exact) mass is 314 g/mol. The van der Waals surface area contributed by atoms with Crippen LogP contribution in [0.25, 0.3) is 0 Å². The van der Waals surface area contributed by atoms with E-state index in [0.29, 0.717) is 17.2 Å². The molecule has 116 valence electrons. The molecular formula is C14H18O6S. The fourth-order valence-corrected chi connectivity index (χ4v) is 2.14. The lowest BCUT2D eigenvalue weighted by Gasteiger charge is -2.14. The molecule has 1 unspecified atom stereocenters. The van der Waals surface area contributed by atoms with Gasteiger partial charge in [-0.2, -0.15) is 0 Å². The minimum atomic E-state index is -1.00. The smallest absolute Gasteiger partial charge is 0.310 e. The summed E-state index contributed by atoms with van der Waals surface area (Å²) >= 11 is 0.969. The first-order valence-electron chi connectivity index (χ1n) is 6.18. The highest BCUT2D eigenvalue weighted by atomic mass is 32.2. The van der Waals surface area contributed by atoms with E-state index in [9.17, 15) is 9.59 Å². The van der Waals surface area contributed by atoms with Crippen LogP contribution >= 0.6 is 11.8 Å². The summed E-state index contributed by atoms with van der Waals surface area (Å²) in [5.74, 6) is -0.0464. The first-order chi connectivity index (χ1) is 9.96. The van der Waals surface area contributed by atoms with Gasteiger partial charge in [0.05, 0.1) is 14.2 Å². The Hall–Kier alpha value is -1.89. The minimum Gasteiger partial charge on any atom is -0.496 e. The summed E-state index contributed by atoms with van der Waals surface area (Å²) < 4.78 is 15.7. The number of ether oxygens (including phenoxy) is 3. The fourth-order valence-electron chi connectivity index (χ4n) is 1.47. The maximum atomic E-state index is 11.1. The summed E-state index contributed by atoms with van der Waals surface area (Å²) in [5.41, 5.74) is 0. The first-order valence-corrected chi connectivity index (χ1v) is 7.17. The summed E-state index contributed by atoms with van der Waals surface area (Å²) in [6.07, 6.45) is 0. The Morgan fingerprint density at radius 2 is 1.67 bits per heavy atom. The molecule has 1 N–H and O–H groups in total. The Kier molecular flexibility index (Phi) is 6.87. The third-order valence-electron chi connectivity index (χ3n) is 2.61. The van der Waals surface area contributed by atoms with Crippen molar-refractivity contribution in [2.45, 2.75) is 6.92 Å². The standard InChI is InChI=1S/C14H18O6S/c1-9(15)21-8-10(14(16)17)7-20-13-5-11(18-2)4-12(6-13)19-3/h4-6,10H,7-8H2,1-3H3,(H,16,17). The molecule has 1 aromatic rings. The number of rotatable bonds is 8. The molecule has 0 spiro atoms. The van der Waals surface area contributed by atoms with Crippen LogP contribution in [-0.4, -0.2) is 42.8 Å². The summed E-state index contributed by atoms with van der Waals surface area (Å²) in [7, 11) is 3.03. The normalized spacial score (nSPS) is 11.6. The molecule has 0 radical (unpaired) electrons. The molecule has 0 fully saturated rings. The van der Waals surface area contributed by atoms with Gasteiger partial charge in [0.2, 0.25) is 0 Å². The fraction of sp³-hybridized carbons (Fsp3) is 0.429. The summed E-state index contributed by atoms with van der Waals surface area (Å²) in [4.78, 5) is 22.0. The number of carbonyl (C=O) groups excluding carboxylic acids is 1. The molecule has 0 bridgehead atoms. The van der Waals surface area contributed by atoms with Crippen LogP contribution in [0.15, 0.2) is 18.2 Å². The summed E-state index contributed by atoms with van der Waals surface area (Å²) in [5, 5.41) is 8.99. The van der Waals surface area contributed by atoms with Gasteiger partial charge in [0, 0.05) is 30.9 Å². The second-order valence-corrected chi connectivity index (χ2v) is 5.39. The van der Waals surface area contributed by atoms with Crippen LogP contribution in [0.5, 0.6) is 17.2 Å². The summed E-state index contributed by atoms with van der Waals surface area (Å²) in [6, 6.07) is 4.96. The van der Waals surface area contributed by atoms with Gasteiger partial charge in [0.1, 0.15) is 29.8 Å². The zero-order chi connectivity index (χ0) is 15.8. The molecule has 0 saturated heterocycles. The van der Waals surface area contributed by atoms with Crippen LogP contribution in [0.4, 0.5) is 0 Å². The summed E-state index contributed by atoms with van der Waals surface area (Å²) in [6.45, 7) is 1.36. The third kappa shape index (κ3) is 5.95. The lowest BCUT2D eigenvalue weighted by Crippen LogP contribution is -2.24. The van der Waals surface area contributed by atoms with E-state index in [1.54, 1.807) is 18.2 Å². The number of aliphatic carboxylic acids is 1. The van der Waals surface area contributed by atoms with Gasteiger partial charge < -0.3 is 19.3 Å². The second-order valence-electron chi connectivity index (χ2n) is 4.20. The molecule has 0 amide bonds. The number of carboxylic acids is 1. The molecule has 1 rings (SSSR count). The van der Waals surface area contributed by atoms with Crippen LogP contribution in [0.3, 0.4) is 0 Å². The van der Waals surface area contributed by atoms with Gasteiger partial charge >= 0.3 is 5.97 Å². The maximum absolute atomic E-state index is 11.1. The van der Waals surface area contributed by atoms with Crippen molar-refractivity contribution in [2.24, 2.45) is 5.92 Å². The van der Waals surface area contributed by atoms with E-state index in [0.717, 1.165) is 11.8 Å². The minimum absolute atomic E-state index is 0.0358. The van der Waals surface area contributed by atoms with E-state index in [1.165, 1.54) is 21.1 Å². The lowest BCUT2D eigenvalue weighted by atomic mass is 10.2. The van der Waals surface area contributed by atoms with E-state index >= 15 is 0 Å². The number of methoxy groups -OCH3 is 2. The first kappa shape index (κ1) is 17.2. The van der Waals surface area contributed by atoms with Crippen LogP contribution in [0.2, 0.25) is 0 Å². The molecule has 0 aromatic heterocycles. The predicted molar refractivity (Wildman–Crippen MR) is 79.3 cm³/mol. The van der Waals surface area contributed by atoms with E-state index in [2.05, 4.69) is 0 Å². The highest BCUT2D eigenvalue weighted by Gasteiger charge is 2.19. The Labute approximate surface area is 127 Å². The van der Waals surface area contributed by atoms with E-state index < -0.39 is 11.9 Å². The van der Waals surface area contributed by atoms with Gasteiger partial charge in [-0.1, -0.05) is 11.8 Å². The highest BCUT2D eigenvalue weighted by molar-refractivity contribution is 8.13. The molecule has 6 nitrogen and oxygen atoms in total. The van der Waals surface area contributed by atoms with Crippen LogP contribution in [0.1, 0.15) is 6.92 Å². The Bertz CT molecular complexity index is 480. The molecular weight excluding hydrogens is 296 g/mol. The Balaban J connectivity index is 2.70. The molecule has 0 aliphatic heterocycles. The molecule has 21 heavy (non-hydrogen) atoms. The van der Waals surface area contributed by atoms with Crippen molar-refractivity contribution in [3.63, 3.8) is 0 Å². The van der Waals surface area contributed by atoms with Crippen molar-refractivity contribution in [2.75, 3.05) is 26.6 Å². The number of carbonyl (C=O) groups is 2. The van der Waals surface area contributed by atoms with Crippen molar-refractivity contribution in [1.29, 1.82) is 0 Å². The van der Waals surface area contributed by atoms with E-state index in [4.69, 9.17) is 19.3 Å².